The first-order chi connectivity index (χ1) is 10.7. The van der Waals surface area contributed by atoms with Gasteiger partial charge in [-0.3, -0.25) is 4.79 Å². The fraction of sp³-hybridized carbons (Fsp3) is 0.529. The number of likely N-dealkylation sites (tertiary alicyclic amines) is 1. The molecular weight excluding hydrogens is 299 g/mol. The Kier molecular flexibility index (Phi) is 5.23. The highest BCUT2D eigenvalue weighted by Crippen LogP contribution is 2.15. The first-order valence-corrected chi connectivity index (χ1v) is 7.75. The van der Waals surface area contributed by atoms with Gasteiger partial charge in [0.15, 0.2) is 0 Å². The number of nitrogens with zero attached hydrogens (tertiary/aromatic N) is 1. The molecule has 0 radical (unpaired) electrons. The highest BCUT2D eigenvalue weighted by atomic mass is 19.1. The summed E-state index contributed by atoms with van der Waals surface area (Å²) in [4.78, 5) is 25.6. The van der Waals surface area contributed by atoms with Crippen molar-refractivity contribution in [2.75, 3.05) is 13.1 Å². The van der Waals surface area contributed by atoms with Crippen molar-refractivity contribution in [2.45, 2.75) is 45.3 Å². The molecule has 0 aliphatic carbocycles. The topological polar surface area (TPSA) is 58.6 Å². The van der Waals surface area contributed by atoms with E-state index in [1.165, 1.54) is 12.1 Å². The summed E-state index contributed by atoms with van der Waals surface area (Å²) in [6.45, 7) is 6.45. The molecule has 1 aromatic rings. The van der Waals surface area contributed by atoms with Crippen molar-refractivity contribution in [3.05, 3.63) is 35.6 Å². The normalized spacial score (nSPS) is 17.9. The van der Waals surface area contributed by atoms with Crippen LogP contribution in [-0.2, 0) is 16.0 Å². The minimum Gasteiger partial charge on any atom is -0.444 e. The third-order valence-electron chi connectivity index (χ3n) is 3.46. The van der Waals surface area contributed by atoms with Crippen LogP contribution in [-0.4, -0.2) is 41.6 Å². The summed E-state index contributed by atoms with van der Waals surface area (Å²) in [7, 11) is 0. The standard InChI is InChI=1S/C17H23FN2O3/c1-17(2,3)23-16(22)20-8-7-14(11-20)19-15(21)10-12-5-4-6-13(18)9-12/h4-6,9,14H,7-8,10-11H2,1-3H3,(H,19,21). The van der Waals surface area contributed by atoms with Crippen molar-refractivity contribution in [1.82, 2.24) is 10.2 Å². The molecule has 1 aliphatic heterocycles. The fourth-order valence-corrected chi connectivity index (χ4v) is 2.48. The Labute approximate surface area is 135 Å². The number of amides is 2. The number of ether oxygens (including phenoxy) is 1. The zero-order valence-electron chi connectivity index (χ0n) is 13.8. The second-order valence-corrected chi connectivity index (χ2v) is 6.79. The number of nitrogens with one attached hydrogen (secondary N) is 1. The average Bonchev–Trinajstić information content (AvgIpc) is 2.85. The van der Waals surface area contributed by atoms with Crippen molar-refractivity contribution in [2.24, 2.45) is 0 Å². The molecule has 0 aromatic heterocycles. The number of hydrogen-bond donors (Lipinski definition) is 1. The largest absolute Gasteiger partial charge is 0.444 e. The number of carbonyl (C=O) groups excluding carboxylic acids is 2. The van der Waals surface area contributed by atoms with Crippen LogP contribution >= 0.6 is 0 Å². The Morgan fingerprint density at radius 1 is 1.39 bits per heavy atom. The minimum absolute atomic E-state index is 0.0939. The van der Waals surface area contributed by atoms with E-state index in [0.717, 1.165) is 0 Å². The smallest absolute Gasteiger partial charge is 0.410 e. The summed E-state index contributed by atoms with van der Waals surface area (Å²) in [5.74, 6) is -0.529. The molecule has 1 aliphatic rings. The first kappa shape index (κ1) is 17.2. The Morgan fingerprint density at radius 3 is 2.78 bits per heavy atom. The first-order valence-electron chi connectivity index (χ1n) is 7.75. The molecule has 1 heterocycles. The zero-order valence-corrected chi connectivity index (χ0v) is 13.8. The molecule has 0 spiro atoms. The van der Waals surface area contributed by atoms with E-state index in [-0.39, 0.29) is 30.3 Å². The molecule has 0 saturated carbocycles. The number of halogens is 1. The third kappa shape index (κ3) is 5.54. The van der Waals surface area contributed by atoms with Gasteiger partial charge in [0, 0.05) is 19.1 Å². The summed E-state index contributed by atoms with van der Waals surface area (Å²) >= 11 is 0. The molecule has 1 N–H and O–H groups in total. The molecule has 23 heavy (non-hydrogen) atoms. The maximum atomic E-state index is 13.1. The summed E-state index contributed by atoms with van der Waals surface area (Å²) in [5.41, 5.74) is 0.0972. The molecule has 2 rings (SSSR count). The molecule has 126 valence electrons. The second-order valence-electron chi connectivity index (χ2n) is 6.79. The van der Waals surface area contributed by atoms with Gasteiger partial charge in [0.2, 0.25) is 5.91 Å². The number of hydrogen-bond acceptors (Lipinski definition) is 3. The van der Waals surface area contributed by atoms with E-state index in [0.29, 0.717) is 25.1 Å². The SMILES string of the molecule is CC(C)(C)OC(=O)N1CCC(NC(=O)Cc2cccc(F)c2)C1. The average molecular weight is 322 g/mol. The maximum Gasteiger partial charge on any atom is 0.410 e. The van der Waals surface area contributed by atoms with E-state index < -0.39 is 5.60 Å². The van der Waals surface area contributed by atoms with Crippen LogP contribution in [0.3, 0.4) is 0 Å². The maximum absolute atomic E-state index is 13.1. The Hall–Kier alpha value is -2.11. The van der Waals surface area contributed by atoms with Gasteiger partial charge in [0.1, 0.15) is 11.4 Å². The molecule has 0 bridgehead atoms. The summed E-state index contributed by atoms with van der Waals surface area (Å²) in [6, 6.07) is 5.89. The van der Waals surface area contributed by atoms with Crippen LogP contribution in [0.4, 0.5) is 9.18 Å². The lowest BCUT2D eigenvalue weighted by atomic mass is 10.1. The number of rotatable bonds is 3. The van der Waals surface area contributed by atoms with Gasteiger partial charge in [-0.2, -0.15) is 0 Å². The Balaban J connectivity index is 1.81. The lowest BCUT2D eigenvalue weighted by Crippen LogP contribution is -2.40. The van der Waals surface area contributed by atoms with Crippen LogP contribution in [0.25, 0.3) is 0 Å². The predicted octanol–water partition coefficient (Wildman–Crippen LogP) is 2.49. The number of carbonyl (C=O) groups is 2. The van der Waals surface area contributed by atoms with Gasteiger partial charge in [-0.15, -0.1) is 0 Å². The van der Waals surface area contributed by atoms with Crippen molar-refractivity contribution in [3.8, 4) is 0 Å². The fourth-order valence-electron chi connectivity index (χ4n) is 2.48. The van der Waals surface area contributed by atoms with Crippen LogP contribution < -0.4 is 5.32 Å². The van der Waals surface area contributed by atoms with Crippen molar-refractivity contribution < 1.29 is 18.7 Å². The molecule has 1 saturated heterocycles. The molecule has 2 amide bonds. The van der Waals surface area contributed by atoms with Gasteiger partial charge in [0.05, 0.1) is 6.42 Å². The van der Waals surface area contributed by atoms with E-state index >= 15 is 0 Å². The summed E-state index contributed by atoms with van der Waals surface area (Å²) in [6.07, 6.45) is 0.453. The van der Waals surface area contributed by atoms with Crippen LogP contribution in [0.1, 0.15) is 32.8 Å². The van der Waals surface area contributed by atoms with Gasteiger partial charge in [-0.25, -0.2) is 9.18 Å². The summed E-state index contributed by atoms with van der Waals surface area (Å²) in [5, 5.41) is 2.88. The summed E-state index contributed by atoms with van der Waals surface area (Å²) < 4.78 is 18.4. The van der Waals surface area contributed by atoms with E-state index in [4.69, 9.17) is 4.74 Å². The van der Waals surface area contributed by atoms with E-state index in [9.17, 15) is 14.0 Å². The van der Waals surface area contributed by atoms with Gasteiger partial charge in [-0.05, 0) is 44.9 Å². The lowest BCUT2D eigenvalue weighted by molar-refractivity contribution is -0.121. The van der Waals surface area contributed by atoms with Crippen LogP contribution in [0.5, 0.6) is 0 Å². The van der Waals surface area contributed by atoms with E-state index in [1.54, 1.807) is 17.0 Å². The Bertz CT molecular complexity index is 583. The third-order valence-corrected chi connectivity index (χ3v) is 3.46. The highest BCUT2D eigenvalue weighted by molar-refractivity contribution is 5.79. The van der Waals surface area contributed by atoms with Crippen molar-refractivity contribution >= 4 is 12.0 Å². The van der Waals surface area contributed by atoms with Gasteiger partial charge >= 0.3 is 6.09 Å². The van der Waals surface area contributed by atoms with E-state index in [1.807, 2.05) is 20.8 Å². The van der Waals surface area contributed by atoms with Gasteiger partial charge < -0.3 is 15.0 Å². The minimum atomic E-state index is -0.532. The highest BCUT2D eigenvalue weighted by Gasteiger charge is 2.30. The molecule has 5 nitrogen and oxygen atoms in total. The van der Waals surface area contributed by atoms with Crippen LogP contribution in [0.15, 0.2) is 24.3 Å². The molecule has 1 aromatic carbocycles. The Morgan fingerprint density at radius 2 is 2.13 bits per heavy atom. The predicted molar refractivity (Wildman–Crippen MR) is 84.5 cm³/mol. The monoisotopic (exact) mass is 322 g/mol. The van der Waals surface area contributed by atoms with Crippen molar-refractivity contribution in [1.29, 1.82) is 0 Å². The van der Waals surface area contributed by atoms with Crippen molar-refractivity contribution in [3.63, 3.8) is 0 Å². The van der Waals surface area contributed by atoms with Gasteiger partial charge in [-0.1, -0.05) is 12.1 Å². The lowest BCUT2D eigenvalue weighted by Gasteiger charge is -2.24. The quantitative estimate of drug-likeness (QED) is 0.930. The van der Waals surface area contributed by atoms with Crippen LogP contribution in [0.2, 0.25) is 0 Å². The molecule has 1 atom stereocenters. The molecular formula is C17H23FN2O3. The molecule has 6 heteroatoms. The molecule has 1 fully saturated rings. The zero-order chi connectivity index (χ0) is 17.0. The number of benzene rings is 1. The molecule has 1 unspecified atom stereocenters. The van der Waals surface area contributed by atoms with Crippen LogP contribution in [0, 0.1) is 5.82 Å². The van der Waals surface area contributed by atoms with Gasteiger partial charge in [0.25, 0.3) is 0 Å². The van der Waals surface area contributed by atoms with E-state index in [2.05, 4.69) is 5.32 Å². The second kappa shape index (κ2) is 6.98.